The molecule has 3 heterocycles. The van der Waals surface area contributed by atoms with Crippen LogP contribution in [0.5, 0.6) is 0 Å². The highest BCUT2D eigenvalue weighted by atomic mass is 19.1. The van der Waals surface area contributed by atoms with Crippen molar-refractivity contribution in [1.82, 2.24) is 19.7 Å². The van der Waals surface area contributed by atoms with E-state index >= 15 is 4.39 Å². The number of nitrogens with zero attached hydrogens (tertiary/aromatic N) is 4. The van der Waals surface area contributed by atoms with E-state index in [1.807, 2.05) is 86.9 Å². The summed E-state index contributed by atoms with van der Waals surface area (Å²) >= 11 is 0. The number of pyridine rings is 1. The van der Waals surface area contributed by atoms with Gasteiger partial charge in [-0.15, -0.1) is 0 Å². The number of aryl methyl sites for hydroxylation is 2. The highest BCUT2D eigenvalue weighted by Gasteiger charge is 2.66. The maximum atomic E-state index is 15.8. The van der Waals surface area contributed by atoms with E-state index in [4.69, 9.17) is 0 Å². The van der Waals surface area contributed by atoms with Gasteiger partial charge in [-0.05, 0) is 70.4 Å². The molecule has 2 aromatic rings. The van der Waals surface area contributed by atoms with E-state index in [1.54, 1.807) is 13.0 Å². The Morgan fingerprint density at radius 1 is 1.05 bits per heavy atom. The van der Waals surface area contributed by atoms with Crippen LogP contribution in [0.3, 0.4) is 0 Å². The molecule has 3 atom stereocenters. The summed E-state index contributed by atoms with van der Waals surface area (Å²) in [4.78, 5) is 31.9. The molecular weight excluding hydrogens is 525 g/mol. The van der Waals surface area contributed by atoms with Gasteiger partial charge >= 0.3 is 12.1 Å². The molecule has 2 aromatic heterocycles. The van der Waals surface area contributed by atoms with Crippen molar-refractivity contribution in [2.24, 2.45) is 22.2 Å². The second kappa shape index (κ2) is 10.3. The zero-order valence-electron chi connectivity index (χ0n) is 26.7. The Hall–Kier alpha value is -3.17. The van der Waals surface area contributed by atoms with E-state index in [-0.39, 0.29) is 30.6 Å². The van der Waals surface area contributed by atoms with E-state index in [1.165, 1.54) is 4.90 Å². The molecule has 0 saturated carbocycles. The first kappa shape index (κ1) is 32.3. The van der Waals surface area contributed by atoms with Crippen molar-refractivity contribution in [2.75, 3.05) is 11.9 Å². The van der Waals surface area contributed by atoms with E-state index in [0.717, 1.165) is 5.69 Å². The van der Waals surface area contributed by atoms with Gasteiger partial charge in [0, 0.05) is 30.6 Å². The number of rotatable bonds is 5. The standard InChI is InChI=1S/C31H48FN5O4/c1-18-15-21(34-22-16-19(2)37(35-22)29(9,10)11)33-20(23(18)32)17-31(25(38)39)13-14-36(26(40)41)30(12,28(6,7)8)24(31)27(3,4)5/h15-16,24H,13-14,17H2,1-12H3,(H,38,39)(H,40,41)(H,33,34,35)/t24?,30-,31-/m1/s1. The molecule has 0 aliphatic carbocycles. The predicted molar refractivity (Wildman–Crippen MR) is 158 cm³/mol. The number of aromatic nitrogens is 3. The maximum absolute atomic E-state index is 15.8. The fraction of sp³-hybridized carbons (Fsp3) is 0.677. The molecule has 10 heteroatoms. The van der Waals surface area contributed by atoms with Crippen LogP contribution in [-0.2, 0) is 16.8 Å². The highest BCUT2D eigenvalue weighted by molar-refractivity contribution is 5.77. The third-order valence-corrected chi connectivity index (χ3v) is 8.97. The van der Waals surface area contributed by atoms with Crippen molar-refractivity contribution in [3.05, 3.63) is 34.9 Å². The van der Waals surface area contributed by atoms with Crippen LogP contribution in [0.2, 0.25) is 0 Å². The van der Waals surface area contributed by atoms with Gasteiger partial charge in [0.25, 0.3) is 0 Å². The van der Waals surface area contributed by atoms with Crippen LogP contribution >= 0.6 is 0 Å². The number of carbonyl (C=O) groups is 2. The molecule has 1 aliphatic heterocycles. The number of nitrogens with one attached hydrogen (secondary N) is 1. The molecule has 1 unspecified atom stereocenters. The Bertz CT molecular complexity index is 1330. The molecule has 3 rings (SSSR count). The van der Waals surface area contributed by atoms with Crippen LogP contribution in [0.25, 0.3) is 0 Å². The van der Waals surface area contributed by atoms with Crippen molar-refractivity contribution in [3.8, 4) is 0 Å². The van der Waals surface area contributed by atoms with Crippen LogP contribution in [-0.4, -0.2) is 54.0 Å². The van der Waals surface area contributed by atoms with Crippen LogP contribution in [0.4, 0.5) is 20.8 Å². The van der Waals surface area contributed by atoms with Crippen molar-refractivity contribution in [3.63, 3.8) is 0 Å². The Kier molecular flexibility index (Phi) is 8.11. The van der Waals surface area contributed by atoms with Gasteiger partial charge in [-0.25, -0.2) is 14.2 Å². The van der Waals surface area contributed by atoms with Gasteiger partial charge in [-0.2, -0.15) is 5.10 Å². The van der Waals surface area contributed by atoms with Gasteiger partial charge in [0.2, 0.25) is 0 Å². The summed E-state index contributed by atoms with van der Waals surface area (Å²) < 4.78 is 17.7. The number of halogens is 1. The maximum Gasteiger partial charge on any atom is 0.407 e. The largest absolute Gasteiger partial charge is 0.481 e. The molecule has 3 N–H and O–H groups in total. The van der Waals surface area contributed by atoms with Crippen molar-refractivity contribution >= 4 is 23.7 Å². The lowest BCUT2D eigenvalue weighted by molar-refractivity contribution is -0.188. The van der Waals surface area contributed by atoms with Gasteiger partial charge in [0.05, 0.1) is 22.2 Å². The number of carboxylic acid groups (broad SMARTS) is 2. The minimum Gasteiger partial charge on any atom is -0.481 e. The predicted octanol–water partition coefficient (Wildman–Crippen LogP) is 7.00. The third kappa shape index (κ3) is 5.66. The Labute approximate surface area is 243 Å². The zero-order chi connectivity index (χ0) is 31.5. The summed E-state index contributed by atoms with van der Waals surface area (Å²) in [6.45, 7) is 23.2. The summed E-state index contributed by atoms with van der Waals surface area (Å²) in [6.07, 6.45) is -1.23. The van der Waals surface area contributed by atoms with E-state index in [2.05, 4.69) is 15.4 Å². The molecule has 1 fully saturated rings. The average molecular weight is 574 g/mol. The Balaban J connectivity index is 2.19. The summed E-state index contributed by atoms with van der Waals surface area (Å²) in [5.74, 6) is -1.38. The monoisotopic (exact) mass is 573 g/mol. The van der Waals surface area contributed by atoms with Gasteiger partial charge in [-0.1, -0.05) is 41.5 Å². The minimum atomic E-state index is -1.48. The van der Waals surface area contributed by atoms with Crippen LogP contribution in [0, 0.1) is 41.8 Å². The van der Waals surface area contributed by atoms with E-state index in [9.17, 15) is 19.8 Å². The summed E-state index contributed by atoms with van der Waals surface area (Å²) in [5.41, 5.74) is -2.74. The molecule has 228 valence electrons. The smallest absolute Gasteiger partial charge is 0.407 e. The lowest BCUT2D eigenvalue weighted by Crippen LogP contribution is -2.72. The average Bonchev–Trinajstić information content (AvgIpc) is 3.15. The van der Waals surface area contributed by atoms with Gasteiger partial charge in [-0.3, -0.25) is 9.48 Å². The first-order valence-electron chi connectivity index (χ1n) is 14.2. The number of hydrogen-bond acceptors (Lipinski definition) is 5. The van der Waals surface area contributed by atoms with Gasteiger partial charge < -0.3 is 20.4 Å². The molecule has 9 nitrogen and oxygen atoms in total. The van der Waals surface area contributed by atoms with E-state index in [0.29, 0.717) is 17.2 Å². The van der Waals surface area contributed by atoms with Gasteiger partial charge in [0.15, 0.2) is 5.82 Å². The van der Waals surface area contributed by atoms with Crippen LogP contribution in [0.1, 0.15) is 92.6 Å². The lowest BCUT2D eigenvalue weighted by Gasteiger charge is -2.64. The number of anilines is 2. The molecule has 1 amide bonds. The topological polar surface area (TPSA) is 121 Å². The zero-order valence-corrected chi connectivity index (χ0v) is 26.7. The molecule has 0 bridgehead atoms. The molecule has 0 radical (unpaired) electrons. The number of amides is 1. The highest BCUT2D eigenvalue weighted by Crippen LogP contribution is 2.60. The number of carboxylic acids is 1. The lowest BCUT2D eigenvalue weighted by atomic mass is 9.47. The molecule has 0 spiro atoms. The number of piperidine rings is 1. The molecule has 1 aliphatic rings. The Morgan fingerprint density at radius 3 is 2.07 bits per heavy atom. The summed E-state index contributed by atoms with van der Waals surface area (Å²) in [7, 11) is 0. The van der Waals surface area contributed by atoms with Crippen molar-refractivity contribution in [2.45, 2.75) is 107 Å². The molecule has 0 aromatic carbocycles. The second-order valence-corrected chi connectivity index (χ2v) is 15.0. The normalized spacial score (nSPS) is 23.9. The quantitative estimate of drug-likeness (QED) is 0.352. The van der Waals surface area contributed by atoms with Crippen molar-refractivity contribution in [1.29, 1.82) is 0 Å². The first-order chi connectivity index (χ1) is 18.5. The molecular formula is C31H48FN5O4. The third-order valence-electron chi connectivity index (χ3n) is 8.97. The summed E-state index contributed by atoms with van der Waals surface area (Å²) in [5, 5.41) is 29.0. The fourth-order valence-corrected chi connectivity index (χ4v) is 7.23. The molecule has 41 heavy (non-hydrogen) atoms. The van der Waals surface area contributed by atoms with Crippen LogP contribution < -0.4 is 5.32 Å². The second-order valence-electron chi connectivity index (χ2n) is 15.0. The number of aliphatic carboxylic acids is 1. The number of hydrogen-bond donors (Lipinski definition) is 3. The fourth-order valence-electron chi connectivity index (χ4n) is 7.23. The summed E-state index contributed by atoms with van der Waals surface area (Å²) in [6, 6.07) is 3.47. The minimum absolute atomic E-state index is 0.0179. The SMILES string of the molecule is Cc1cc(Nc2cc(C)n(C(C)(C)C)n2)nc(C[C@]2(C(=O)O)CCN(C(=O)O)[C@@](C)(C(C)(C)C)C2C(C)(C)C)c1F. The van der Waals surface area contributed by atoms with E-state index < -0.39 is 45.6 Å². The Morgan fingerprint density at radius 2 is 1.63 bits per heavy atom. The van der Waals surface area contributed by atoms with Crippen molar-refractivity contribution < 1.29 is 24.2 Å². The first-order valence-corrected chi connectivity index (χ1v) is 14.2. The van der Waals surface area contributed by atoms with Gasteiger partial charge in [0.1, 0.15) is 11.6 Å². The van der Waals surface area contributed by atoms with Crippen LogP contribution in [0.15, 0.2) is 12.1 Å². The molecule has 1 saturated heterocycles. The number of likely N-dealkylation sites (tertiary alicyclic amines) is 1.